The van der Waals surface area contributed by atoms with E-state index in [1.807, 2.05) is 61.2 Å². The molecule has 8 nitrogen and oxygen atoms in total. The van der Waals surface area contributed by atoms with Crippen LogP contribution in [0.2, 0.25) is 0 Å². The van der Waals surface area contributed by atoms with E-state index >= 15 is 0 Å². The summed E-state index contributed by atoms with van der Waals surface area (Å²) in [5.41, 5.74) is 3.69. The number of anilines is 1. The molecule has 3 atom stereocenters. The lowest BCUT2D eigenvalue weighted by Crippen LogP contribution is -2.35. The molecular weight excluding hydrogens is 575 g/mol. The Balaban J connectivity index is 1.45. The molecule has 1 unspecified atom stereocenters. The summed E-state index contributed by atoms with van der Waals surface area (Å²) in [5, 5.41) is 13.7. The Labute approximate surface area is 264 Å². The van der Waals surface area contributed by atoms with E-state index in [4.69, 9.17) is 14.2 Å². The maximum Gasteiger partial charge on any atom is 0.309 e. The first kappa shape index (κ1) is 32.3. The van der Waals surface area contributed by atoms with Crippen molar-refractivity contribution in [1.29, 1.82) is 0 Å². The third kappa shape index (κ3) is 7.41. The minimum absolute atomic E-state index is 0.0333. The molecule has 240 valence electrons. The first-order chi connectivity index (χ1) is 21.8. The van der Waals surface area contributed by atoms with Crippen LogP contribution in [0, 0.1) is 11.7 Å². The zero-order valence-corrected chi connectivity index (χ0v) is 26.3. The summed E-state index contributed by atoms with van der Waals surface area (Å²) < 4.78 is 31.7. The Bertz CT molecular complexity index is 1470. The molecule has 3 aromatic rings. The third-order valence-corrected chi connectivity index (χ3v) is 8.76. The van der Waals surface area contributed by atoms with Crippen molar-refractivity contribution >= 4 is 17.6 Å². The second-order valence-corrected chi connectivity index (χ2v) is 11.7. The third-order valence-electron chi connectivity index (χ3n) is 8.76. The molecule has 2 N–H and O–H groups in total. The van der Waals surface area contributed by atoms with E-state index in [0.717, 1.165) is 47.3 Å². The lowest BCUT2D eigenvalue weighted by atomic mass is 9.82. The Kier molecular flexibility index (Phi) is 10.6. The second kappa shape index (κ2) is 14.8. The van der Waals surface area contributed by atoms with Gasteiger partial charge in [0.15, 0.2) is 11.5 Å². The zero-order valence-electron chi connectivity index (χ0n) is 26.3. The van der Waals surface area contributed by atoms with Crippen LogP contribution in [0.1, 0.15) is 74.2 Å². The molecule has 1 fully saturated rings. The fourth-order valence-corrected chi connectivity index (χ4v) is 6.53. The molecule has 5 rings (SSSR count). The van der Waals surface area contributed by atoms with E-state index in [0.29, 0.717) is 56.4 Å². The number of carbonyl (C=O) groups excluding carboxylic acids is 1. The number of hydrogen-bond acceptors (Lipinski definition) is 6. The number of aryl methyl sites for hydroxylation is 2. The number of halogens is 1. The van der Waals surface area contributed by atoms with Gasteiger partial charge >= 0.3 is 5.97 Å². The summed E-state index contributed by atoms with van der Waals surface area (Å²) >= 11 is 0. The van der Waals surface area contributed by atoms with Gasteiger partial charge in [0, 0.05) is 24.2 Å². The van der Waals surface area contributed by atoms with E-state index in [-0.39, 0.29) is 18.3 Å². The van der Waals surface area contributed by atoms with Crippen LogP contribution < -0.4 is 19.5 Å². The molecule has 0 aromatic heterocycles. The summed E-state index contributed by atoms with van der Waals surface area (Å²) in [6, 6.07) is 15.5. The van der Waals surface area contributed by atoms with Gasteiger partial charge in [-0.1, -0.05) is 51.8 Å². The van der Waals surface area contributed by atoms with Crippen molar-refractivity contribution in [3.8, 4) is 17.2 Å². The number of unbranched alkanes of at least 4 members (excludes halogenated alkanes) is 2. The highest BCUT2D eigenvalue weighted by Gasteiger charge is 2.48. The van der Waals surface area contributed by atoms with E-state index < -0.39 is 23.8 Å². The normalized spacial score (nSPS) is 19.3. The predicted octanol–water partition coefficient (Wildman–Crippen LogP) is 6.77. The number of aliphatic carboxylic acids is 1. The number of fused-ring (bicyclic) bond motifs is 1. The largest absolute Gasteiger partial charge is 0.494 e. The van der Waals surface area contributed by atoms with Crippen LogP contribution in [-0.2, 0) is 22.4 Å². The Morgan fingerprint density at radius 2 is 1.60 bits per heavy atom. The Morgan fingerprint density at radius 3 is 2.24 bits per heavy atom. The SMILES string of the molecule is CCCCCOc1ccc([C@H]2C(C(=O)O)[C@@H](c3ccc4c(c3)OCCO4)CN2CC(=O)Nc2c(CC)cc(F)cc2CC)cc1. The summed E-state index contributed by atoms with van der Waals surface area (Å²) in [4.78, 5) is 28.6. The van der Waals surface area contributed by atoms with Gasteiger partial charge in [-0.25, -0.2) is 4.39 Å². The Hall–Kier alpha value is -4.11. The molecule has 0 aliphatic carbocycles. The molecule has 0 radical (unpaired) electrons. The molecule has 2 heterocycles. The molecule has 2 aliphatic rings. The van der Waals surface area contributed by atoms with Crippen molar-refractivity contribution in [1.82, 2.24) is 4.90 Å². The van der Waals surface area contributed by atoms with Crippen LogP contribution in [0.15, 0.2) is 54.6 Å². The predicted molar refractivity (Wildman–Crippen MR) is 171 cm³/mol. The number of rotatable bonds is 13. The number of benzene rings is 3. The molecule has 0 bridgehead atoms. The molecule has 0 spiro atoms. The number of carboxylic acid groups (broad SMARTS) is 1. The fraction of sp³-hybridized carbons (Fsp3) is 0.444. The van der Waals surface area contributed by atoms with Crippen molar-refractivity contribution < 1.29 is 33.3 Å². The highest BCUT2D eigenvalue weighted by molar-refractivity contribution is 5.94. The first-order valence-electron chi connectivity index (χ1n) is 16.0. The smallest absolute Gasteiger partial charge is 0.309 e. The van der Waals surface area contributed by atoms with E-state index in [9.17, 15) is 19.1 Å². The summed E-state index contributed by atoms with van der Waals surface area (Å²) in [7, 11) is 0. The number of carboxylic acids is 1. The van der Waals surface area contributed by atoms with Gasteiger partial charge in [0.25, 0.3) is 0 Å². The molecule has 9 heteroatoms. The van der Waals surface area contributed by atoms with Crippen molar-refractivity contribution in [2.24, 2.45) is 5.92 Å². The molecule has 45 heavy (non-hydrogen) atoms. The maximum atomic E-state index is 14.2. The summed E-state index contributed by atoms with van der Waals surface area (Å²) in [6.07, 6.45) is 4.29. The van der Waals surface area contributed by atoms with Crippen molar-refractivity contribution in [3.63, 3.8) is 0 Å². The highest BCUT2D eigenvalue weighted by atomic mass is 19.1. The van der Waals surface area contributed by atoms with Gasteiger partial charge < -0.3 is 24.6 Å². The molecule has 0 saturated carbocycles. The van der Waals surface area contributed by atoms with Crippen LogP contribution in [0.25, 0.3) is 0 Å². The highest BCUT2D eigenvalue weighted by Crippen LogP contribution is 2.47. The quantitative estimate of drug-likeness (QED) is 0.204. The lowest BCUT2D eigenvalue weighted by molar-refractivity contribution is -0.143. The first-order valence-corrected chi connectivity index (χ1v) is 16.0. The van der Waals surface area contributed by atoms with Crippen molar-refractivity contribution in [2.75, 3.05) is 38.2 Å². The molecule has 1 saturated heterocycles. The number of ether oxygens (including phenoxy) is 3. The Morgan fingerprint density at radius 1 is 0.933 bits per heavy atom. The molecule has 2 aliphatic heterocycles. The lowest BCUT2D eigenvalue weighted by Gasteiger charge is -2.27. The van der Waals surface area contributed by atoms with Crippen LogP contribution in [-0.4, -0.2) is 54.8 Å². The second-order valence-electron chi connectivity index (χ2n) is 11.7. The van der Waals surface area contributed by atoms with Gasteiger partial charge in [-0.3, -0.25) is 14.5 Å². The van der Waals surface area contributed by atoms with Crippen molar-refractivity contribution in [2.45, 2.75) is 64.8 Å². The van der Waals surface area contributed by atoms with Gasteiger partial charge in [-0.05, 0) is 77.9 Å². The maximum absolute atomic E-state index is 14.2. The summed E-state index contributed by atoms with van der Waals surface area (Å²) in [5.74, 6) is -0.843. The van der Waals surface area contributed by atoms with Gasteiger partial charge in [-0.2, -0.15) is 0 Å². The minimum atomic E-state index is -0.942. The van der Waals surface area contributed by atoms with Gasteiger partial charge in [0.05, 0.1) is 19.1 Å². The number of hydrogen-bond donors (Lipinski definition) is 2. The topological polar surface area (TPSA) is 97.3 Å². The van der Waals surface area contributed by atoms with Crippen LogP contribution in [0.3, 0.4) is 0 Å². The van der Waals surface area contributed by atoms with E-state index in [1.54, 1.807) is 0 Å². The number of amides is 1. The summed E-state index contributed by atoms with van der Waals surface area (Å²) in [6.45, 7) is 7.81. The van der Waals surface area contributed by atoms with Gasteiger partial charge in [0.2, 0.25) is 5.91 Å². The van der Waals surface area contributed by atoms with Crippen molar-refractivity contribution in [3.05, 3.63) is 82.7 Å². The van der Waals surface area contributed by atoms with Crippen LogP contribution >= 0.6 is 0 Å². The minimum Gasteiger partial charge on any atom is -0.494 e. The van der Waals surface area contributed by atoms with Gasteiger partial charge in [0.1, 0.15) is 24.8 Å². The standard InChI is InChI=1S/C36H43FN2O6/c1-4-7-8-15-43-28-12-9-25(10-13-28)35-33(36(41)42)29(26-11-14-30-31(20-26)45-17-16-44-30)21-39(35)22-32(40)38-34-23(5-2)18-27(37)19-24(34)6-3/h9-14,18-20,29,33,35H,4-8,15-17,21-22H2,1-3H3,(H,38,40)(H,41,42)/t29-,33?,35+/m1/s1. The average Bonchev–Trinajstić information content (AvgIpc) is 3.42. The van der Waals surface area contributed by atoms with E-state index in [1.165, 1.54) is 12.1 Å². The van der Waals surface area contributed by atoms with E-state index in [2.05, 4.69) is 12.2 Å². The molecule has 3 aromatic carbocycles. The monoisotopic (exact) mass is 618 g/mol. The average molecular weight is 619 g/mol. The van der Waals surface area contributed by atoms with Crippen LogP contribution in [0.5, 0.6) is 17.2 Å². The number of nitrogens with one attached hydrogen (secondary N) is 1. The number of likely N-dealkylation sites (tertiary alicyclic amines) is 1. The number of nitrogens with zero attached hydrogens (tertiary/aromatic N) is 1. The zero-order chi connectivity index (χ0) is 31.9. The fourth-order valence-electron chi connectivity index (χ4n) is 6.53. The van der Waals surface area contributed by atoms with Crippen LogP contribution in [0.4, 0.5) is 10.1 Å². The number of carbonyl (C=O) groups is 2. The molecular formula is C36H43FN2O6. The molecule has 1 amide bonds. The van der Waals surface area contributed by atoms with Gasteiger partial charge in [-0.15, -0.1) is 0 Å².